The molecule has 0 radical (unpaired) electrons. The molecular weight excluding hydrogens is 292 g/mol. The summed E-state index contributed by atoms with van der Waals surface area (Å²) in [5.41, 5.74) is 1.46. The van der Waals surface area contributed by atoms with Crippen LogP contribution in [0.3, 0.4) is 0 Å². The highest BCUT2D eigenvalue weighted by atomic mass is 16.5. The van der Waals surface area contributed by atoms with Crippen molar-refractivity contribution in [2.45, 2.75) is 31.8 Å². The summed E-state index contributed by atoms with van der Waals surface area (Å²) >= 11 is 0. The number of methoxy groups -OCH3 is 1. The van der Waals surface area contributed by atoms with Crippen molar-refractivity contribution in [2.24, 2.45) is 11.8 Å². The summed E-state index contributed by atoms with van der Waals surface area (Å²) < 4.78 is 11.7. The van der Waals surface area contributed by atoms with Crippen LogP contribution in [0.15, 0.2) is 35.4 Å². The lowest BCUT2D eigenvalue weighted by Crippen LogP contribution is -2.23. The summed E-state index contributed by atoms with van der Waals surface area (Å²) in [5, 5.41) is 0. The van der Waals surface area contributed by atoms with Gasteiger partial charge < -0.3 is 14.5 Å². The highest BCUT2D eigenvalue weighted by Crippen LogP contribution is 2.47. The van der Waals surface area contributed by atoms with Gasteiger partial charge in [0, 0.05) is 18.0 Å². The van der Waals surface area contributed by atoms with Crippen molar-refractivity contribution in [3.05, 3.63) is 41.1 Å². The van der Waals surface area contributed by atoms with Crippen molar-refractivity contribution >= 4 is 0 Å². The number of nitrogens with zero attached hydrogens (tertiary/aromatic N) is 1. The predicted octanol–water partition coefficient (Wildman–Crippen LogP) is 3.01. The van der Waals surface area contributed by atoms with Crippen molar-refractivity contribution in [1.82, 2.24) is 9.97 Å². The summed E-state index contributed by atoms with van der Waals surface area (Å²) in [7, 11) is 1.66. The summed E-state index contributed by atoms with van der Waals surface area (Å²) in [4.78, 5) is 17.5. The largest absolute Gasteiger partial charge is 0.493 e. The van der Waals surface area contributed by atoms with Crippen LogP contribution < -0.4 is 15.2 Å². The first-order valence-electron chi connectivity index (χ1n) is 8.13. The second-order valence-electron chi connectivity index (χ2n) is 6.50. The molecule has 1 aromatic heterocycles. The number of benzene rings is 1. The van der Waals surface area contributed by atoms with Crippen molar-refractivity contribution in [3.8, 4) is 22.6 Å². The number of H-pyrrole nitrogens is 1. The van der Waals surface area contributed by atoms with Gasteiger partial charge in [-0.3, -0.25) is 0 Å². The van der Waals surface area contributed by atoms with Crippen LogP contribution >= 0.6 is 0 Å². The Bertz CT molecular complexity index is 751. The van der Waals surface area contributed by atoms with Gasteiger partial charge in [-0.15, -0.1) is 0 Å². The maximum atomic E-state index is 11.1. The summed E-state index contributed by atoms with van der Waals surface area (Å²) in [6.07, 6.45) is 8.62. The average Bonchev–Trinajstić information content (AvgIpc) is 3.18. The molecule has 23 heavy (non-hydrogen) atoms. The van der Waals surface area contributed by atoms with Crippen LogP contribution in [0.2, 0.25) is 0 Å². The third-order valence-corrected chi connectivity index (χ3v) is 5.12. The molecule has 5 heteroatoms. The van der Waals surface area contributed by atoms with Gasteiger partial charge in [0.05, 0.1) is 7.11 Å². The smallest absolute Gasteiger partial charge is 0.344 e. The van der Waals surface area contributed by atoms with E-state index in [1.807, 2.05) is 18.2 Å². The number of rotatable bonds is 4. The van der Waals surface area contributed by atoms with E-state index >= 15 is 0 Å². The standard InChI is InChI=1S/C18H20N2O3/c1-22-15-5-4-12(14-9-19-18(21)20-10-14)8-17(15)23-16-7-11-2-3-13(16)6-11/h4-5,8-11,13,16H,2-3,6-7H2,1H3,(H,19,20,21). The number of fused-ring (bicyclic) bond motifs is 2. The van der Waals surface area contributed by atoms with E-state index in [0.29, 0.717) is 12.0 Å². The molecule has 0 aliphatic heterocycles. The normalized spacial score (nSPS) is 25.5. The Balaban J connectivity index is 1.63. The topological polar surface area (TPSA) is 64.2 Å². The van der Waals surface area contributed by atoms with Gasteiger partial charge in [0.25, 0.3) is 0 Å². The van der Waals surface area contributed by atoms with Gasteiger partial charge in [0.2, 0.25) is 0 Å². The Kier molecular flexibility index (Phi) is 3.56. The van der Waals surface area contributed by atoms with Gasteiger partial charge in [0.15, 0.2) is 11.5 Å². The Hall–Kier alpha value is -2.30. The molecule has 0 saturated heterocycles. The Morgan fingerprint density at radius 3 is 2.74 bits per heavy atom. The van der Waals surface area contributed by atoms with Gasteiger partial charge in [-0.1, -0.05) is 6.07 Å². The number of ether oxygens (including phenoxy) is 2. The zero-order valence-corrected chi connectivity index (χ0v) is 13.1. The lowest BCUT2D eigenvalue weighted by molar-refractivity contribution is 0.133. The van der Waals surface area contributed by atoms with E-state index in [9.17, 15) is 4.79 Å². The lowest BCUT2D eigenvalue weighted by atomic mass is 9.97. The van der Waals surface area contributed by atoms with Crippen molar-refractivity contribution in [3.63, 3.8) is 0 Å². The SMILES string of the molecule is COc1ccc(-c2cnc(=O)[nH]c2)cc1OC1CC2CCC1C2. The molecule has 2 saturated carbocycles. The number of aromatic amines is 1. The molecular formula is C18H20N2O3. The molecule has 2 bridgehead atoms. The molecule has 2 aromatic rings. The highest BCUT2D eigenvalue weighted by molar-refractivity contribution is 5.65. The molecule has 1 heterocycles. The van der Waals surface area contributed by atoms with Gasteiger partial charge in [-0.25, -0.2) is 9.78 Å². The maximum Gasteiger partial charge on any atom is 0.344 e. The van der Waals surface area contributed by atoms with Crippen LogP contribution in [-0.2, 0) is 0 Å². The second kappa shape index (κ2) is 5.72. The third kappa shape index (κ3) is 2.71. The van der Waals surface area contributed by atoms with E-state index in [-0.39, 0.29) is 5.69 Å². The van der Waals surface area contributed by atoms with E-state index in [1.54, 1.807) is 19.5 Å². The van der Waals surface area contributed by atoms with Crippen LogP contribution in [0.4, 0.5) is 0 Å². The van der Waals surface area contributed by atoms with Gasteiger partial charge in [0.1, 0.15) is 6.10 Å². The zero-order valence-electron chi connectivity index (χ0n) is 13.1. The molecule has 3 unspecified atom stereocenters. The molecule has 1 aromatic carbocycles. The Morgan fingerprint density at radius 2 is 2.09 bits per heavy atom. The summed E-state index contributed by atoms with van der Waals surface area (Å²) in [5.74, 6) is 3.04. The van der Waals surface area contributed by atoms with E-state index in [2.05, 4.69) is 9.97 Å². The third-order valence-electron chi connectivity index (χ3n) is 5.12. The first-order valence-corrected chi connectivity index (χ1v) is 8.13. The highest BCUT2D eigenvalue weighted by Gasteiger charge is 2.41. The van der Waals surface area contributed by atoms with Gasteiger partial charge in [-0.05, 0) is 55.2 Å². The first-order chi connectivity index (χ1) is 11.2. The molecule has 3 atom stereocenters. The molecule has 5 nitrogen and oxygen atoms in total. The minimum Gasteiger partial charge on any atom is -0.493 e. The molecule has 1 N–H and O–H groups in total. The minimum atomic E-state index is -0.347. The first kappa shape index (κ1) is 14.3. The van der Waals surface area contributed by atoms with Crippen molar-refractivity contribution in [1.29, 1.82) is 0 Å². The zero-order chi connectivity index (χ0) is 15.8. The van der Waals surface area contributed by atoms with Crippen molar-refractivity contribution in [2.75, 3.05) is 7.11 Å². The van der Waals surface area contributed by atoms with Crippen LogP contribution in [0.25, 0.3) is 11.1 Å². The monoisotopic (exact) mass is 312 g/mol. The number of hydrogen-bond donors (Lipinski definition) is 1. The maximum absolute atomic E-state index is 11.1. The second-order valence-corrected chi connectivity index (χ2v) is 6.50. The van der Waals surface area contributed by atoms with E-state index in [1.165, 1.54) is 19.3 Å². The van der Waals surface area contributed by atoms with Crippen LogP contribution in [-0.4, -0.2) is 23.2 Å². The van der Waals surface area contributed by atoms with E-state index in [4.69, 9.17) is 9.47 Å². The number of hydrogen-bond acceptors (Lipinski definition) is 4. The minimum absolute atomic E-state index is 0.298. The number of nitrogens with one attached hydrogen (secondary N) is 1. The Morgan fingerprint density at radius 1 is 1.17 bits per heavy atom. The lowest BCUT2D eigenvalue weighted by Gasteiger charge is -2.24. The van der Waals surface area contributed by atoms with E-state index < -0.39 is 0 Å². The number of aromatic nitrogens is 2. The van der Waals surface area contributed by atoms with Crippen LogP contribution in [0.5, 0.6) is 11.5 Å². The predicted molar refractivity (Wildman–Crippen MR) is 86.7 cm³/mol. The molecule has 2 aliphatic carbocycles. The molecule has 120 valence electrons. The molecule has 0 amide bonds. The molecule has 4 rings (SSSR count). The van der Waals surface area contributed by atoms with Crippen molar-refractivity contribution < 1.29 is 9.47 Å². The van der Waals surface area contributed by atoms with Gasteiger partial charge in [-0.2, -0.15) is 0 Å². The molecule has 0 spiro atoms. The van der Waals surface area contributed by atoms with E-state index in [0.717, 1.165) is 35.0 Å². The molecule has 2 fully saturated rings. The summed E-state index contributed by atoms with van der Waals surface area (Å²) in [6.45, 7) is 0. The fourth-order valence-corrected chi connectivity index (χ4v) is 3.94. The average molecular weight is 312 g/mol. The fraction of sp³-hybridized carbons (Fsp3) is 0.444. The van der Waals surface area contributed by atoms with Gasteiger partial charge >= 0.3 is 5.69 Å². The molecule has 2 aliphatic rings. The summed E-state index contributed by atoms with van der Waals surface area (Å²) in [6, 6.07) is 5.82. The quantitative estimate of drug-likeness (QED) is 0.942. The van der Waals surface area contributed by atoms with Crippen LogP contribution in [0, 0.1) is 11.8 Å². The van der Waals surface area contributed by atoms with Crippen LogP contribution in [0.1, 0.15) is 25.7 Å². The Labute approximate surface area is 134 Å². The fourth-order valence-electron chi connectivity index (χ4n) is 3.94.